The molecule has 0 bridgehead atoms. The zero-order valence-electron chi connectivity index (χ0n) is 20.5. The first-order valence-corrected chi connectivity index (χ1v) is 18.3. The van der Waals surface area contributed by atoms with E-state index in [2.05, 4.69) is 8.62 Å². The summed E-state index contributed by atoms with van der Waals surface area (Å²) in [6, 6.07) is 0. The zero-order chi connectivity index (χ0) is 28.2. The van der Waals surface area contributed by atoms with Crippen LogP contribution in [0.1, 0.15) is 19.8 Å². The maximum atomic E-state index is 12.2. The predicted octanol–water partition coefficient (Wildman–Crippen LogP) is 5.34. The van der Waals surface area contributed by atoms with Crippen molar-refractivity contribution in [1.82, 2.24) is 0 Å². The fourth-order valence-corrected chi connectivity index (χ4v) is 7.80. The van der Waals surface area contributed by atoms with E-state index in [1.54, 1.807) is 0 Å². The van der Waals surface area contributed by atoms with E-state index in [1.807, 2.05) is 80.0 Å². The fraction of sp³-hybridized carbons (Fsp3) is 0.429. The molecule has 4 N–H and O–H groups in total. The molecule has 1 fully saturated rings. The third kappa shape index (κ3) is 14.2. The maximum absolute atomic E-state index is 12.2. The lowest BCUT2D eigenvalue weighted by molar-refractivity contribution is -0.0489. The van der Waals surface area contributed by atoms with Gasteiger partial charge in [0.05, 0.1) is 18.8 Å². The van der Waals surface area contributed by atoms with E-state index < -0.39 is 42.3 Å². The van der Waals surface area contributed by atoms with Crippen LogP contribution in [-0.2, 0) is 36.3 Å². The molecule has 2 rings (SSSR count). The van der Waals surface area contributed by atoms with Crippen LogP contribution in [-0.4, -0.2) is 56.2 Å². The highest BCUT2D eigenvalue weighted by molar-refractivity contribution is 8.76. The monoisotopic (exact) mass is 632 g/mol. The number of phosphoric acid groups is 3. The summed E-state index contributed by atoms with van der Waals surface area (Å²) in [5.74, 6) is 0. The molecule has 3 unspecified atom stereocenters. The van der Waals surface area contributed by atoms with Crippen LogP contribution in [0.3, 0.4) is 0 Å². The summed E-state index contributed by atoms with van der Waals surface area (Å²) in [5, 5.41) is 0. The van der Waals surface area contributed by atoms with E-state index in [0.717, 1.165) is 5.57 Å². The van der Waals surface area contributed by atoms with Crippen molar-refractivity contribution in [3.8, 4) is 0 Å². The van der Waals surface area contributed by atoms with E-state index in [4.69, 9.17) is 23.8 Å². The van der Waals surface area contributed by atoms with Crippen LogP contribution in [0.25, 0.3) is 0 Å². The quantitative estimate of drug-likeness (QED) is 0.116. The first kappa shape index (κ1) is 33.7. The lowest BCUT2D eigenvalue weighted by atomic mass is 10.0. The molecule has 0 amide bonds. The van der Waals surface area contributed by atoms with E-state index in [-0.39, 0.29) is 11.5 Å². The molecule has 0 aromatic heterocycles. The Kier molecular flexibility index (Phi) is 14.2. The van der Waals surface area contributed by atoms with Gasteiger partial charge < -0.3 is 29.0 Å². The Labute approximate surface area is 229 Å². The highest BCUT2D eigenvalue weighted by Crippen LogP contribution is 2.66. The molecule has 0 saturated carbocycles. The first-order valence-electron chi connectivity index (χ1n) is 11.1. The molecule has 2 aliphatic rings. The Bertz CT molecular complexity index is 1100. The van der Waals surface area contributed by atoms with Crippen molar-refractivity contribution in [2.45, 2.75) is 43.5 Å². The van der Waals surface area contributed by atoms with Crippen molar-refractivity contribution in [2.75, 3.05) is 12.9 Å². The summed E-state index contributed by atoms with van der Waals surface area (Å²) in [4.78, 5) is 36.5. The Hall–Kier alpha value is -0.530. The normalized spacial score (nSPS) is 29.6. The van der Waals surface area contributed by atoms with Crippen LogP contribution < -0.4 is 0 Å². The third-order valence-corrected chi connectivity index (χ3v) is 10.4. The van der Waals surface area contributed by atoms with Crippen LogP contribution in [0.2, 0.25) is 0 Å². The summed E-state index contributed by atoms with van der Waals surface area (Å²) >= 11 is 0. The molecule has 0 spiro atoms. The number of hydrogen-bond acceptors (Lipinski definition) is 10. The lowest BCUT2D eigenvalue weighted by Gasteiger charge is -2.23. The average molecular weight is 633 g/mol. The summed E-state index contributed by atoms with van der Waals surface area (Å²) in [7, 11) is -13.4. The molecular formula is C21H31O12P3S2. The van der Waals surface area contributed by atoms with Gasteiger partial charge in [-0.25, -0.2) is 13.7 Å². The van der Waals surface area contributed by atoms with Gasteiger partial charge in [-0.05, 0) is 25.2 Å². The largest absolute Gasteiger partial charge is 0.490 e. The number of hydrogen-bond donors (Lipinski definition) is 4. The summed E-state index contributed by atoms with van der Waals surface area (Å²) in [6.07, 6.45) is 22.0. The smallest absolute Gasteiger partial charge is 0.369 e. The number of ether oxygens (including phenoxy) is 2. The Morgan fingerprint density at radius 1 is 0.947 bits per heavy atom. The second-order valence-corrected chi connectivity index (χ2v) is 15.0. The molecule has 1 saturated heterocycles. The Morgan fingerprint density at radius 2 is 1.55 bits per heavy atom. The van der Waals surface area contributed by atoms with Gasteiger partial charge in [-0.2, -0.15) is 8.62 Å². The molecule has 0 aromatic carbocycles. The van der Waals surface area contributed by atoms with E-state index in [1.165, 1.54) is 21.6 Å². The molecule has 17 heteroatoms. The molecule has 0 radical (unpaired) electrons. The third-order valence-electron chi connectivity index (χ3n) is 4.67. The van der Waals surface area contributed by atoms with Crippen LogP contribution in [0, 0.1) is 0 Å². The van der Waals surface area contributed by atoms with E-state index in [0.29, 0.717) is 12.8 Å². The molecule has 1 aliphatic heterocycles. The molecule has 1 aliphatic carbocycles. The zero-order valence-corrected chi connectivity index (χ0v) is 24.8. The van der Waals surface area contributed by atoms with E-state index in [9.17, 15) is 23.5 Å². The number of rotatable bonds is 13. The van der Waals surface area contributed by atoms with Gasteiger partial charge in [0, 0.05) is 6.42 Å². The van der Waals surface area contributed by atoms with Crippen LogP contribution >= 0.6 is 45.1 Å². The Balaban J connectivity index is 2.11. The number of phosphoric ester groups is 1. The second-order valence-electron chi connectivity index (χ2n) is 7.77. The molecule has 38 heavy (non-hydrogen) atoms. The van der Waals surface area contributed by atoms with Crippen molar-refractivity contribution in [3.05, 3.63) is 72.4 Å². The number of allylic oxidation sites excluding steroid dienone is 11. The Morgan fingerprint density at radius 3 is 2.16 bits per heavy atom. The summed E-state index contributed by atoms with van der Waals surface area (Å²) in [6.45, 7) is 1.27. The average Bonchev–Trinajstić information content (AvgIpc) is 3.12. The topological polar surface area (TPSA) is 178 Å². The van der Waals surface area contributed by atoms with Crippen LogP contribution in [0.4, 0.5) is 0 Å². The standard InChI is InChI=1S/C21H31O12P3S2/c1-17(38-37-2)30-20-15-19(14-18-12-10-8-6-4-3-5-7-9-11-13-18)31-21(20)16-29-35(25,26)33-36(27,28)32-34(22,23)24/h3-13,17,19-21H,14-16H2,1-2H3,(H,25,26)(H,27,28)(H2,22,23,24)/b4-3-,5-3?,6-4?,7-5-,8-6-,9-7?,10-8?,11-9-,12-10?,13-11?,18-12?,18-13?/t17-,19-,20?,21+/m0/s1. The van der Waals surface area contributed by atoms with Crippen molar-refractivity contribution < 1.29 is 55.9 Å². The summed E-state index contributed by atoms with van der Waals surface area (Å²) in [5.41, 5.74) is 0.701. The maximum Gasteiger partial charge on any atom is 0.490 e. The van der Waals surface area contributed by atoms with Crippen molar-refractivity contribution in [2.24, 2.45) is 0 Å². The lowest BCUT2D eigenvalue weighted by Crippen LogP contribution is -2.30. The summed E-state index contributed by atoms with van der Waals surface area (Å²) < 4.78 is 59.0. The molecule has 0 aromatic rings. The van der Waals surface area contributed by atoms with Crippen molar-refractivity contribution >= 4 is 45.1 Å². The van der Waals surface area contributed by atoms with Gasteiger partial charge in [-0.15, -0.1) is 0 Å². The SMILES string of the molecule is CSS[C@@H](C)OC1C[C@H](CC2=C\C=C/C=C\C=C/C=C\C=C2)O[C@@H]1COP(=O)(O)OP(=O)(O)OP(=O)(O)O. The first-order chi connectivity index (χ1) is 17.8. The van der Waals surface area contributed by atoms with Gasteiger partial charge in [0.1, 0.15) is 11.5 Å². The fourth-order valence-electron chi connectivity index (χ4n) is 3.36. The van der Waals surface area contributed by atoms with E-state index >= 15 is 0 Å². The highest BCUT2D eigenvalue weighted by atomic mass is 33.1. The van der Waals surface area contributed by atoms with Gasteiger partial charge in [-0.3, -0.25) is 4.52 Å². The molecular weight excluding hydrogens is 601 g/mol. The van der Waals surface area contributed by atoms with Crippen molar-refractivity contribution in [1.29, 1.82) is 0 Å². The van der Waals surface area contributed by atoms with Crippen molar-refractivity contribution in [3.63, 3.8) is 0 Å². The van der Waals surface area contributed by atoms with Gasteiger partial charge in [0.2, 0.25) is 0 Å². The van der Waals surface area contributed by atoms with Gasteiger partial charge >= 0.3 is 23.5 Å². The minimum Gasteiger partial charge on any atom is -0.369 e. The molecule has 12 nitrogen and oxygen atoms in total. The van der Waals surface area contributed by atoms with Gasteiger partial charge in [0.25, 0.3) is 0 Å². The predicted molar refractivity (Wildman–Crippen MR) is 147 cm³/mol. The van der Waals surface area contributed by atoms with Gasteiger partial charge in [0.15, 0.2) is 0 Å². The highest BCUT2D eigenvalue weighted by Gasteiger charge is 2.43. The molecule has 1 heterocycles. The van der Waals surface area contributed by atoms with Gasteiger partial charge in [-0.1, -0.05) is 88.4 Å². The minimum absolute atomic E-state index is 0.250. The van der Waals surface area contributed by atoms with Crippen LogP contribution in [0.5, 0.6) is 0 Å². The molecule has 6 atom stereocenters. The minimum atomic E-state index is -5.62. The molecule has 214 valence electrons. The van der Waals surface area contributed by atoms with Crippen LogP contribution in [0.15, 0.2) is 72.4 Å². The second kappa shape index (κ2) is 16.0.